The molecule has 0 aromatic heterocycles. The van der Waals surface area contributed by atoms with Gasteiger partial charge in [0, 0.05) is 24.4 Å². The molecule has 1 heterocycles. The predicted molar refractivity (Wildman–Crippen MR) is 126 cm³/mol. The molecule has 2 amide bonds. The highest BCUT2D eigenvalue weighted by Crippen LogP contribution is 2.45. The molecule has 1 saturated carbocycles. The summed E-state index contributed by atoms with van der Waals surface area (Å²) in [7, 11) is 0. The second-order valence-corrected chi connectivity index (χ2v) is 9.63. The normalized spacial score (nSPS) is 18.6. The van der Waals surface area contributed by atoms with E-state index >= 15 is 0 Å². The molecule has 0 radical (unpaired) electrons. The Hall–Kier alpha value is -3.35. The van der Waals surface area contributed by atoms with Crippen LogP contribution in [-0.4, -0.2) is 52.7 Å². The van der Waals surface area contributed by atoms with Crippen molar-refractivity contribution in [2.75, 3.05) is 13.2 Å². The maximum absolute atomic E-state index is 13.3. The number of likely N-dealkylation sites (tertiary alicyclic amines) is 1. The van der Waals surface area contributed by atoms with Crippen molar-refractivity contribution in [3.05, 3.63) is 59.7 Å². The van der Waals surface area contributed by atoms with Crippen LogP contribution < -0.4 is 5.32 Å². The summed E-state index contributed by atoms with van der Waals surface area (Å²) in [5, 5.41) is 11.8. The van der Waals surface area contributed by atoms with E-state index in [1.54, 1.807) is 0 Å². The number of aliphatic carboxylic acids is 1. The van der Waals surface area contributed by atoms with Crippen molar-refractivity contribution in [2.24, 2.45) is 0 Å². The lowest BCUT2D eigenvalue weighted by atomic mass is 9.82. The Morgan fingerprint density at radius 2 is 1.62 bits per heavy atom. The number of carboxylic acids is 1. The van der Waals surface area contributed by atoms with Gasteiger partial charge in [-0.1, -0.05) is 61.4 Å². The van der Waals surface area contributed by atoms with E-state index in [9.17, 15) is 14.4 Å². The molecule has 2 fully saturated rings. The molecule has 7 heteroatoms. The van der Waals surface area contributed by atoms with Crippen LogP contribution in [0.5, 0.6) is 0 Å². The molecule has 1 unspecified atom stereocenters. The zero-order valence-corrected chi connectivity index (χ0v) is 19.2. The maximum Gasteiger partial charge on any atom is 0.407 e. The average molecular weight is 463 g/mol. The number of benzene rings is 2. The van der Waals surface area contributed by atoms with Gasteiger partial charge in [0.15, 0.2) is 0 Å². The summed E-state index contributed by atoms with van der Waals surface area (Å²) in [4.78, 5) is 39.1. The quantitative estimate of drug-likeness (QED) is 0.640. The van der Waals surface area contributed by atoms with Gasteiger partial charge in [-0.25, -0.2) is 4.79 Å². The summed E-state index contributed by atoms with van der Waals surface area (Å²) >= 11 is 0. The molecule has 0 bridgehead atoms. The van der Waals surface area contributed by atoms with E-state index in [-0.39, 0.29) is 36.8 Å². The molecule has 1 atom stereocenters. The van der Waals surface area contributed by atoms with E-state index in [2.05, 4.69) is 17.4 Å². The van der Waals surface area contributed by atoms with Crippen molar-refractivity contribution in [3.8, 4) is 11.1 Å². The number of nitrogens with zero attached hydrogens (tertiary/aromatic N) is 1. The Labute approximate surface area is 199 Å². The molecule has 3 aliphatic rings. The lowest BCUT2D eigenvalue weighted by molar-refractivity contribution is -0.149. The first-order valence-electron chi connectivity index (χ1n) is 12.1. The summed E-state index contributed by atoms with van der Waals surface area (Å²) in [6.45, 7) is 0.808. The topological polar surface area (TPSA) is 95.9 Å². The number of hydrogen-bond donors (Lipinski definition) is 2. The number of ether oxygens (including phenoxy) is 1. The third-order valence-electron chi connectivity index (χ3n) is 7.75. The number of alkyl carbamates (subject to hydrolysis) is 1. The van der Waals surface area contributed by atoms with E-state index in [1.807, 2.05) is 41.3 Å². The number of rotatable bonds is 7. The summed E-state index contributed by atoms with van der Waals surface area (Å²) < 4.78 is 5.61. The van der Waals surface area contributed by atoms with Crippen LogP contribution in [-0.2, 0) is 14.3 Å². The van der Waals surface area contributed by atoms with Crippen molar-refractivity contribution in [1.29, 1.82) is 0 Å². The molecular weight excluding hydrogens is 432 g/mol. The van der Waals surface area contributed by atoms with E-state index in [4.69, 9.17) is 9.84 Å². The number of carbonyl (C=O) groups excluding carboxylic acids is 2. The highest BCUT2D eigenvalue weighted by atomic mass is 16.5. The second-order valence-electron chi connectivity index (χ2n) is 9.63. The molecule has 1 aliphatic heterocycles. The summed E-state index contributed by atoms with van der Waals surface area (Å²) in [6.07, 6.45) is 4.31. The first-order valence-corrected chi connectivity index (χ1v) is 12.1. The summed E-state index contributed by atoms with van der Waals surface area (Å²) in [5.41, 5.74) is 4.40. The third kappa shape index (κ3) is 4.04. The number of carbonyl (C=O) groups is 3. The monoisotopic (exact) mass is 462 g/mol. The molecular formula is C27H30N2O5. The molecule has 178 valence electrons. The van der Waals surface area contributed by atoms with Gasteiger partial charge in [0.2, 0.25) is 5.91 Å². The van der Waals surface area contributed by atoms with Gasteiger partial charge >= 0.3 is 12.1 Å². The predicted octanol–water partition coefficient (Wildman–Crippen LogP) is 4.30. The van der Waals surface area contributed by atoms with Crippen LogP contribution >= 0.6 is 0 Å². The van der Waals surface area contributed by atoms with E-state index in [1.165, 1.54) is 0 Å². The second kappa shape index (κ2) is 9.12. The molecule has 1 spiro atoms. The van der Waals surface area contributed by atoms with Crippen molar-refractivity contribution in [3.63, 3.8) is 0 Å². The number of amides is 2. The van der Waals surface area contributed by atoms with Crippen molar-refractivity contribution >= 4 is 18.0 Å². The smallest absolute Gasteiger partial charge is 0.407 e. The molecule has 2 aromatic rings. The fourth-order valence-electron chi connectivity index (χ4n) is 5.93. The van der Waals surface area contributed by atoms with Gasteiger partial charge in [-0.2, -0.15) is 0 Å². The lowest BCUT2D eigenvalue weighted by Crippen LogP contribution is -2.64. The van der Waals surface area contributed by atoms with E-state index in [0.29, 0.717) is 6.54 Å². The van der Waals surface area contributed by atoms with Crippen molar-refractivity contribution < 1.29 is 24.2 Å². The standard InChI is InChI=1S/C27H30N2O5/c30-24(31)12-11-23(25(32)29-16-15-27(29)13-5-6-14-27)28-26(33)34-17-22-20-9-3-1-7-18(20)19-8-2-4-10-21(19)22/h1-4,7-10,22-23H,5-6,11-17H2,(H,28,33)(H,30,31). The maximum atomic E-state index is 13.3. The molecule has 1 saturated heterocycles. The third-order valence-corrected chi connectivity index (χ3v) is 7.75. The zero-order valence-electron chi connectivity index (χ0n) is 19.2. The van der Waals surface area contributed by atoms with Crippen LogP contribution in [0, 0.1) is 0 Å². The molecule has 7 nitrogen and oxygen atoms in total. The molecule has 2 aliphatic carbocycles. The Morgan fingerprint density at radius 1 is 1.00 bits per heavy atom. The van der Waals surface area contributed by atoms with Crippen LogP contribution in [0.3, 0.4) is 0 Å². The zero-order chi connectivity index (χ0) is 23.7. The van der Waals surface area contributed by atoms with Crippen molar-refractivity contribution in [1.82, 2.24) is 10.2 Å². The van der Waals surface area contributed by atoms with Gasteiger partial charge in [0.1, 0.15) is 12.6 Å². The highest BCUT2D eigenvalue weighted by Gasteiger charge is 2.50. The van der Waals surface area contributed by atoms with Gasteiger partial charge in [-0.05, 0) is 47.9 Å². The number of nitrogens with one attached hydrogen (secondary N) is 1. The van der Waals surface area contributed by atoms with Crippen LogP contribution in [0.4, 0.5) is 4.79 Å². The Kier molecular flexibility index (Phi) is 6.02. The summed E-state index contributed by atoms with van der Waals surface area (Å²) in [5.74, 6) is -1.27. The fourth-order valence-corrected chi connectivity index (χ4v) is 5.93. The van der Waals surface area contributed by atoms with Crippen LogP contribution in [0.25, 0.3) is 11.1 Å². The van der Waals surface area contributed by atoms with Gasteiger partial charge < -0.3 is 20.1 Å². The highest BCUT2D eigenvalue weighted by molar-refractivity contribution is 5.87. The minimum Gasteiger partial charge on any atom is -0.481 e. The first kappa shape index (κ1) is 22.4. The average Bonchev–Trinajstić information content (AvgIpc) is 3.45. The first-order chi connectivity index (χ1) is 16.5. The fraction of sp³-hybridized carbons (Fsp3) is 0.444. The number of hydrogen-bond acceptors (Lipinski definition) is 4. The molecule has 5 rings (SSSR count). The lowest BCUT2D eigenvalue weighted by Gasteiger charge is -2.52. The van der Waals surface area contributed by atoms with Crippen LogP contribution in [0.15, 0.2) is 48.5 Å². The Balaban J connectivity index is 1.26. The van der Waals surface area contributed by atoms with Crippen LogP contribution in [0.2, 0.25) is 0 Å². The van der Waals surface area contributed by atoms with Crippen LogP contribution in [0.1, 0.15) is 62.0 Å². The van der Waals surface area contributed by atoms with E-state index < -0.39 is 18.1 Å². The van der Waals surface area contributed by atoms with Crippen molar-refractivity contribution in [2.45, 2.75) is 62.4 Å². The molecule has 2 aromatic carbocycles. The van der Waals surface area contributed by atoms with Gasteiger partial charge in [-0.3, -0.25) is 9.59 Å². The van der Waals surface area contributed by atoms with Gasteiger partial charge in [-0.15, -0.1) is 0 Å². The Bertz CT molecular complexity index is 1060. The SMILES string of the molecule is O=C(O)CCC(NC(=O)OCC1c2ccccc2-c2ccccc21)C(=O)N1CCC12CCCC2. The van der Waals surface area contributed by atoms with Gasteiger partial charge in [0.25, 0.3) is 0 Å². The van der Waals surface area contributed by atoms with E-state index in [0.717, 1.165) is 54.4 Å². The largest absolute Gasteiger partial charge is 0.481 e. The molecule has 2 N–H and O–H groups in total. The number of fused-ring (bicyclic) bond motifs is 3. The Morgan fingerprint density at radius 3 is 2.18 bits per heavy atom. The van der Waals surface area contributed by atoms with Gasteiger partial charge in [0.05, 0.1) is 0 Å². The minimum absolute atomic E-state index is 0.0466. The molecule has 34 heavy (non-hydrogen) atoms. The number of carboxylic acid groups (broad SMARTS) is 1. The summed E-state index contributed by atoms with van der Waals surface area (Å²) in [6, 6.07) is 15.3. The minimum atomic E-state index is -0.994.